The summed E-state index contributed by atoms with van der Waals surface area (Å²) in [5, 5.41) is 0. The van der Waals surface area contributed by atoms with Gasteiger partial charge in [0, 0.05) is 37.1 Å². The molecule has 0 N–H and O–H groups in total. The van der Waals surface area contributed by atoms with Crippen molar-refractivity contribution in [2.24, 2.45) is 0 Å². The van der Waals surface area contributed by atoms with E-state index in [4.69, 9.17) is 0 Å². The van der Waals surface area contributed by atoms with Crippen LogP contribution >= 0.6 is 11.8 Å². The van der Waals surface area contributed by atoms with E-state index in [2.05, 4.69) is 49.9 Å². The summed E-state index contributed by atoms with van der Waals surface area (Å²) in [4.78, 5) is 16.6. The quantitative estimate of drug-likeness (QED) is 0.825. The summed E-state index contributed by atoms with van der Waals surface area (Å²) in [5.74, 6) is 0.752. The van der Waals surface area contributed by atoms with Crippen LogP contribution < -0.4 is 4.90 Å². The van der Waals surface area contributed by atoms with Crippen molar-refractivity contribution >= 4 is 23.4 Å². The Balaban J connectivity index is 1.99. The molecular formula is C18H28N2OS. The summed E-state index contributed by atoms with van der Waals surface area (Å²) in [6.07, 6.45) is 2.54. The maximum Gasteiger partial charge on any atom is 0.232 e. The Morgan fingerprint density at radius 1 is 1.23 bits per heavy atom. The normalized spacial score (nSPS) is 15.2. The largest absolute Gasteiger partial charge is 0.371 e. The molecule has 0 atom stereocenters. The van der Waals surface area contributed by atoms with Crippen molar-refractivity contribution in [1.29, 1.82) is 0 Å². The first-order chi connectivity index (χ1) is 10.4. The molecule has 0 aliphatic carbocycles. The first-order valence-electron chi connectivity index (χ1n) is 8.07. The van der Waals surface area contributed by atoms with Gasteiger partial charge in [-0.05, 0) is 24.5 Å². The zero-order chi connectivity index (χ0) is 16.2. The molecule has 0 aromatic heterocycles. The van der Waals surface area contributed by atoms with Gasteiger partial charge in [0.15, 0.2) is 0 Å². The van der Waals surface area contributed by atoms with Gasteiger partial charge < -0.3 is 9.80 Å². The summed E-state index contributed by atoms with van der Waals surface area (Å²) in [6.45, 7) is 9.40. The molecule has 0 unspecified atom stereocenters. The third kappa shape index (κ3) is 4.94. The zero-order valence-electron chi connectivity index (χ0n) is 14.3. The van der Waals surface area contributed by atoms with Gasteiger partial charge in [-0.3, -0.25) is 4.79 Å². The standard InChI is InChI=1S/C18H28N2OS/c1-18(2,3)22-14-17(21)19(4)13-15-9-5-6-10-16(15)20-11-7-8-12-20/h5-6,9-10H,7-8,11-14H2,1-4H3. The number of benzene rings is 1. The van der Waals surface area contributed by atoms with Crippen LogP contribution in [-0.2, 0) is 11.3 Å². The van der Waals surface area contributed by atoms with Gasteiger partial charge in [0.1, 0.15) is 0 Å². The predicted molar refractivity (Wildman–Crippen MR) is 96.6 cm³/mol. The highest BCUT2D eigenvalue weighted by Gasteiger charge is 2.19. The molecule has 0 radical (unpaired) electrons. The van der Waals surface area contributed by atoms with E-state index in [1.54, 1.807) is 11.8 Å². The number of thioether (sulfide) groups is 1. The second-order valence-electron chi connectivity index (χ2n) is 6.97. The molecule has 1 aromatic carbocycles. The Kier molecular flexibility index (Phi) is 5.79. The van der Waals surface area contributed by atoms with Gasteiger partial charge >= 0.3 is 0 Å². The van der Waals surface area contributed by atoms with E-state index in [9.17, 15) is 4.79 Å². The Morgan fingerprint density at radius 3 is 2.50 bits per heavy atom. The van der Waals surface area contributed by atoms with Crippen molar-refractivity contribution in [2.75, 3.05) is 30.8 Å². The summed E-state index contributed by atoms with van der Waals surface area (Å²) in [6, 6.07) is 8.49. The van der Waals surface area contributed by atoms with Crippen LogP contribution in [-0.4, -0.2) is 41.4 Å². The van der Waals surface area contributed by atoms with Crippen molar-refractivity contribution in [3.63, 3.8) is 0 Å². The predicted octanol–water partition coefficient (Wildman–Crippen LogP) is 3.78. The molecule has 0 spiro atoms. The summed E-state index contributed by atoms with van der Waals surface area (Å²) >= 11 is 1.71. The van der Waals surface area contributed by atoms with Crippen molar-refractivity contribution < 1.29 is 4.79 Å². The second kappa shape index (κ2) is 7.40. The number of nitrogens with zero attached hydrogens (tertiary/aromatic N) is 2. The number of carbonyl (C=O) groups is 1. The van der Waals surface area contributed by atoms with Gasteiger partial charge in [0.05, 0.1) is 5.75 Å². The second-order valence-corrected chi connectivity index (χ2v) is 8.78. The van der Waals surface area contributed by atoms with E-state index >= 15 is 0 Å². The number of rotatable bonds is 5. The molecule has 4 heteroatoms. The average Bonchev–Trinajstić information content (AvgIpc) is 2.98. The number of hydrogen-bond acceptors (Lipinski definition) is 3. The molecule has 0 saturated carbocycles. The summed E-state index contributed by atoms with van der Waals surface area (Å²) < 4.78 is 0.129. The number of hydrogen-bond donors (Lipinski definition) is 0. The lowest BCUT2D eigenvalue weighted by molar-refractivity contribution is -0.127. The molecule has 2 rings (SSSR count). The minimum absolute atomic E-state index is 0.129. The lowest BCUT2D eigenvalue weighted by Gasteiger charge is -2.25. The molecule has 122 valence electrons. The van der Waals surface area contributed by atoms with E-state index in [0.717, 1.165) is 13.1 Å². The van der Waals surface area contributed by atoms with E-state index < -0.39 is 0 Å². The fourth-order valence-electron chi connectivity index (χ4n) is 2.64. The first-order valence-corrected chi connectivity index (χ1v) is 9.06. The number of amides is 1. The Hall–Kier alpha value is -1.16. The Morgan fingerprint density at radius 2 is 1.86 bits per heavy atom. The maximum atomic E-state index is 12.3. The smallest absolute Gasteiger partial charge is 0.232 e. The van der Waals surface area contributed by atoms with Crippen LogP contribution in [0.15, 0.2) is 24.3 Å². The van der Waals surface area contributed by atoms with Gasteiger partial charge in [-0.25, -0.2) is 0 Å². The molecule has 1 aliphatic heterocycles. The Labute approximate surface area is 139 Å². The Bertz CT molecular complexity index is 504. The van der Waals surface area contributed by atoms with Gasteiger partial charge in [-0.1, -0.05) is 39.0 Å². The number of carbonyl (C=O) groups excluding carboxylic acids is 1. The van der Waals surface area contributed by atoms with Gasteiger partial charge in [-0.2, -0.15) is 0 Å². The summed E-state index contributed by atoms with van der Waals surface area (Å²) in [5.41, 5.74) is 2.55. The van der Waals surface area contributed by atoms with E-state index in [1.165, 1.54) is 24.1 Å². The molecular weight excluding hydrogens is 292 g/mol. The van der Waals surface area contributed by atoms with Crippen LogP contribution in [0.4, 0.5) is 5.69 Å². The third-order valence-electron chi connectivity index (χ3n) is 3.90. The SMILES string of the molecule is CN(Cc1ccccc1N1CCCC1)C(=O)CSC(C)(C)C. The monoisotopic (exact) mass is 320 g/mol. The molecule has 3 nitrogen and oxygen atoms in total. The van der Waals surface area contributed by atoms with E-state index in [0.29, 0.717) is 12.3 Å². The molecule has 1 saturated heterocycles. The van der Waals surface area contributed by atoms with Crippen LogP contribution in [0, 0.1) is 0 Å². The fourth-order valence-corrected chi connectivity index (χ4v) is 3.42. The van der Waals surface area contributed by atoms with E-state index in [1.807, 2.05) is 11.9 Å². The zero-order valence-corrected chi connectivity index (χ0v) is 15.1. The lowest BCUT2D eigenvalue weighted by atomic mass is 10.1. The van der Waals surface area contributed by atoms with Crippen LogP contribution in [0.25, 0.3) is 0 Å². The number of para-hydroxylation sites is 1. The highest BCUT2D eigenvalue weighted by Crippen LogP contribution is 2.26. The first kappa shape index (κ1) is 17.2. The number of anilines is 1. The maximum absolute atomic E-state index is 12.3. The van der Waals surface area contributed by atoms with E-state index in [-0.39, 0.29) is 10.7 Å². The summed E-state index contributed by atoms with van der Waals surface area (Å²) in [7, 11) is 1.91. The van der Waals surface area contributed by atoms with Crippen LogP contribution in [0.5, 0.6) is 0 Å². The highest BCUT2D eigenvalue weighted by atomic mass is 32.2. The molecule has 0 bridgehead atoms. The van der Waals surface area contributed by atoms with Gasteiger partial charge in [0.25, 0.3) is 0 Å². The minimum atomic E-state index is 0.129. The fraction of sp³-hybridized carbons (Fsp3) is 0.611. The highest BCUT2D eigenvalue weighted by molar-refractivity contribution is 8.01. The van der Waals surface area contributed by atoms with Crippen LogP contribution in [0.2, 0.25) is 0 Å². The average molecular weight is 321 g/mol. The van der Waals surface area contributed by atoms with Crippen LogP contribution in [0.1, 0.15) is 39.2 Å². The topological polar surface area (TPSA) is 23.6 Å². The van der Waals surface area contributed by atoms with Crippen molar-refractivity contribution in [1.82, 2.24) is 4.90 Å². The molecule has 1 amide bonds. The lowest BCUT2D eigenvalue weighted by Crippen LogP contribution is -2.30. The van der Waals surface area contributed by atoms with Crippen LogP contribution in [0.3, 0.4) is 0 Å². The van der Waals surface area contributed by atoms with Crippen molar-refractivity contribution in [3.05, 3.63) is 29.8 Å². The van der Waals surface area contributed by atoms with Gasteiger partial charge in [-0.15, -0.1) is 11.8 Å². The molecule has 1 aliphatic rings. The third-order valence-corrected chi connectivity index (χ3v) is 5.16. The molecule has 22 heavy (non-hydrogen) atoms. The molecule has 1 aromatic rings. The van der Waals surface area contributed by atoms with Crippen molar-refractivity contribution in [3.8, 4) is 0 Å². The molecule has 1 fully saturated rings. The molecule has 1 heterocycles. The van der Waals surface area contributed by atoms with Crippen molar-refractivity contribution in [2.45, 2.75) is 44.9 Å². The van der Waals surface area contributed by atoms with Gasteiger partial charge in [0.2, 0.25) is 5.91 Å². The minimum Gasteiger partial charge on any atom is -0.371 e.